The van der Waals surface area contributed by atoms with Gasteiger partial charge in [0.25, 0.3) is 7.37 Å². The molecular formula is C25H31N2O4P. The van der Waals surface area contributed by atoms with E-state index < -0.39 is 13.2 Å². The maximum atomic E-state index is 14.6. The SMILES string of the molecule is CCO[P@](=O)(c1ccc(N(C)C)cc1)[C@@H](Nc1ccccc1)c1ccc(OC)c(OC)c1. The minimum absolute atomic E-state index is 0.312. The summed E-state index contributed by atoms with van der Waals surface area (Å²) < 4.78 is 31.5. The van der Waals surface area contributed by atoms with Gasteiger partial charge in [-0.15, -0.1) is 0 Å². The highest BCUT2D eigenvalue weighted by Gasteiger charge is 2.38. The number of methoxy groups -OCH3 is 2. The Morgan fingerprint density at radius 3 is 2.12 bits per heavy atom. The molecule has 32 heavy (non-hydrogen) atoms. The van der Waals surface area contributed by atoms with E-state index in [0.717, 1.165) is 16.9 Å². The van der Waals surface area contributed by atoms with Gasteiger partial charge in [-0.05, 0) is 61.0 Å². The topological polar surface area (TPSA) is 60.0 Å². The molecule has 170 valence electrons. The number of para-hydroxylation sites is 1. The third-order valence-electron chi connectivity index (χ3n) is 5.19. The first kappa shape index (κ1) is 23.7. The van der Waals surface area contributed by atoms with Gasteiger partial charge < -0.3 is 24.2 Å². The normalized spacial score (nSPS) is 13.7. The standard InChI is InChI=1S/C25H31N2O4P/c1-6-31-32(28,22-15-13-21(14-16-22)27(2)3)25(26-20-10-8-7-9-11-20)19-12-17-23(29-4)24(18-19)30-5/h7-18,25-26H,6H2,1-5H3/t25-,32-/m1/s1. The van der Waals surface area contributed by atoms with E-state index >= 15 is 0 Å². The maximum Gasteiger partial charge on any atom is 0.258 e. The van der Waals surface area contributed by atoms with E-state index in [1.807, 2.05) is 98.7 Å². The largest absolute Gasteiger partial charge is 0.493 e. The fraction of sp³-hybridized carbons (Fsp3) is 0.280. The van der Waals surface area contributed by atoms with Crippen LogP contribution in [0.4, 0.5) is 11.4 Å². The molecule has 2 atom stereocenters. The minimum atomic E-state index is -3.40. The molecule has 0 unspecified atom stereocenters. The molecule has 0 heterocycles. The van der Waals surface area contributed by atoms with E-state index in [4.69, 9.17) is 14.0 Å². The molecule has 3 rings (SSSR count). The highest BCUT2D eigenvalue weighted by molar-refractivity contribution is 7.67. The smallest absolute Gasteiger partial charge is 0.258 e. The summed E-state index contributed by atoms with van der Waals surface area (Å²) in [6, 6.07) is 22.9. The van der Waals surface area contributed by atoms with Crippen molar-refractivity contribution in [3.63, 3.8) is 0 Å². The Bertz CT molecular complexity index is 1060. The summed E-state index contributed by atoms with van der Waals surface area (Å²) in [5, 5.41) is 4.10. The van der Waals surface area contributed by atoms with Crippen LogP contribution in [-0.4, -0.2) is 34.9 Å². The second-order valence-electron chi connectivity index (χ2n) is 7.45. The van der Waals surface area contributed by atoms with Crippen LogP contribution < -0.4 is 25.0 Å². The van der Waals surface area contributed by atoms with E-state index in [2.05, 4.69) is 5.32 Å². The second kappa shape index (κ2) is 10.6. The lowest BCUT2D eigenvalue weighted by Crippen LogP contribution is -2.21. The van der Waals surface area contributed by atoms with E-state index in [0.29, 0.717) is 23.4 Å². The Hall–Kier alpha value is -2.95. The van der Waals surface area contributed by atoms with Gasteiger partial charge in [0, 0.05) is 30.8 Å². The molecule has 6 nitrogen and oxygen atoms in total. The quantitative estimate of drug-likeness (QED) is 0.407. The molecule has 0 aromatic heterocycles. The fourth-order valence-corrected chi connectivity index (χ4v) is 5.94. The van der Waals surface area contributed by atoms with Crippen molar-refractivity contribution in [1.29, 1.82) is 0 Å². The first-order valence-electron chi connectivity index (χ1n) is 10.5. The van der Waals surface area contributed by atoms with Gasteiger partial charge in [0.15, 0.2) is 11.5 Å². The molecule has 0 saturated carbocycles. The number of hydrogen-bond acceptors (Lipinski definition) is 6. The summed E-state index contributed by atoms with van der Waals surface area (Å²) >= 11 is 0. The number of rotatable bonds is 10. The Morgan fingerprint density at radius 2 is 1.56 bits per heavy atom. The first-order chi connectivity index (χ1) is 15.4. The molecule has 0 bridgehead atoms. The van der Waals surface area contributed by atoms with Crippen LogP contribution >= 0.6 is 7.37 Å². The fourth-order valence-electron chi connectivity index (χ4n) is 3.53. The van der Waals surface area contributed by atoms with Crippen LogP contribution in [0.25, 0.3) is 0 Å². The van der Waals surface area contributed by atoms with E-state index in [1.165, 1.54) is 0 Å². The van der Waals surface area contributed by atoms with Crippen LogP contribution in [0, 0.1) is 0 Å². The van der Waals surface area contributed by atoms with Gasteiger partial charge in [0.05, 0.1) is 20.8 Å². The zero-order valence-corrected chi connectivity index (χ0v) is 20.1. The summed E-state index contributed by atoms with van der Waals surface area (Å²) in [5.74, 6) is 0.544. The van der Waals surface area contributed by atoms with Crippen molar-refractivity contribution in [3.8, 4) is 11.5 Å². The van der Waals surface area contributed by atoms with Gasteiger partial charge in [-0.1, -0.05) is 24.3 Å². The Morgan fingerprint density at radius 1 is 0.906 bits per heavy atom. The Kier molecular flexibility index (Phi) is 7.84. The van der Waals surface area contributed by atoms with Crippen LogP contribution in [0.5, 0.6) is 11.5 Å². The van der Waals surface area contributed by atoms with Crippen molar-refractivity contribution in [1.82, 2.24) is 0 Å². The first-order valence-corrected chi connectivity index (χ1v) is 12.2. The maximum absolute atomic E-state index is 14.6. The van der Waals surface area contributed by atoms with Gasteiger partial charge in [-0.3, -0.25) is 4.57 Å². The molecule has 0 aliphatic heterocycles. The zero-order chi connectivity index (χ0) is 23.1. The number of nitrogens with one attached hydrogen (secondary N) is 1. The lowest BCUT2D eigenvalue weighted by atomic mass is 10.2. The van der Waals surface area contributed by atoms with Crippen molar-refractivity contribution in [2.45, 2.75) is 12.7 Å². The average Bonchev–Trinajstić information content (AvgIpc) is 2.83. The second-order valence-corrected chi connectivity index (χ2v) is 9.94. The highest BCUT2D eigenvalue weighted by atomic mass is 31.2. The van der Waals surface area contributed by atoms with E-state index in [9.17, 15) is 4.57 Å². The third kappa shape index (κ3) is 5.09. The summed E-state index contributed by atoms with van der Waals surface area (Å²) in [5.41, 5.74) is 2.65. The van der Waals surface area contributed by atoms with Crippen molar-refractivity contribution in [2.75, 3.05) is 45.1 Å². The lowest BCUT2D eigenvalue weighted by Gasteiger charge is -2.30. The van der Waals surface area contributed by atoms with E-state index in [1.54, 1.807) is 14.2 Å². The van der Waals surface area contributed by atoms with Crippen molar-refractivity contribution in [2.24, 2.45) is 0 Å². The van der Waals surface area contributed by atoms with Crippen LogP contribution in [0.3, 0.4) is 0 Å². The zero-order valence-electron chi connectivity index (χ0n) is 19.2. The Labute approximate surface area is 190 Å². The minimum Gasteiger partial charge on any atom is -0.493 e. The molecule has 1 N–H and O–H groups in total. The molecule has 0 fully saturated rings. The summed E-state index contributed by atoms with van der Waals surface area (Å²) in [6.07, 6.45) is 0. The molecule has 0 spiro atoms. The number of anilines is 2. The van der Waals surface area contributed by atoms with E-state index in [-0.39, 0.29) is 0 Å². The molecule has 7 heteroatoms. The summed E-state index contributed by atoms with van der Waals surface area (Å²) in [6.45, 7) is 2.17. The Balaban J connectivity index is 2.15. The van der Waals surface area contributed by atoms with Crippen LogP contribution in [0.15, 0.2) is 72.8 Å². The molecule has 0 saturated heterocycles. The molecule has 0 amide bonds. The van der Waals surface area contributed by atoms with Crippen molar-refractivity contribution in [3.05, 3.63) is 78.4 Å². The van der Waals surface area contributed by atoms with Gasteiger partial charge in [0.1, 0.15) is 5.78 Å². The van der Waals surface area contributed by atoms with Crippen molar-refractivity contribution >= 4 is 24.0 Å². The number of benzene rings is 3. The van der Waals surface area contributed by atoms with Crippen LogP contribution in [0.1, 0.15) is 18.3 Å². The molecule has 0 radical (unpaired) electrons. The predicted molar refractivity (Wildman–Crippen MR) is 132 cm³/mol. The van der Waals surface area contributed by atoms with Gasteiger partial charge in [0.2, 0.25) is 0 Å². The number of nitrogens with zero attached hydrogens (tertiary/aromatic N) is 1. The molecule has 3 aromatic rings. The number of ether oxygens (including phenoxy) is 2. The molecule has 0 aliphatic rings. The van der Waals surface area contributed by atoms with Gasteiger partial charge in [-0.2, -0.15) is 0 Å². The van der Waals surface area contributed by atoms with Crippen LogP contribution in [0.2, 0.25) is 0 Å². The molecule has 3 aromatic carbocycles. The lowest BCUT2D eigenvalue weighted by molar-refractivity contribution is 0.335. The van der Waals surface area contributed by atoms with Crippen molar-refractivity contribution < 1.29 is 18.6 Å². The summed E-state index contributed by atoms with van der Waals surface area (Å²) in [7, 11) is 3.72. The van der Waals surface area contributed by atoms with Gasteiger partial charge >= 0.3 is 0 Å². The van der Waals surface area contributed by atoms with Crippen LogP contribution in [-0.2, 0) is 9.09 Å². The molecule has 0 aliphatic carbocycles. The third-order valence-corrected chi connectivity index (χ3v) is 7.95. The number of hydrogen-bond donors (Lipinski definition) is 1. The summed E-state index contributed by atoms with van der Waals surface area (Å²) in [4.78, 5) is 2.00. The van der Waals surface area contributed by atoms with Gasteiger partial charge in [-0.25, -0.2) is 0 Å². The predicted octanol–water partition coefficient (Wildman–Crippen LogP) is 5.52. The molecular weight excluding hydrogens is 423 g/mol. The highest BCUT2D eigenvalue weighted by Crippen LogP contribution is 2.59. The monoisotopic (exact) mass is 454 g/mol. The average molecular weight is 455 g/mol.